The molecule has 11 aromatic rings. The first-order chi connectivity index (χ1) is 28.3. The molecule has 0 N–H and O–H groups in total. The van der Waals surface area contributed by atoms with Gasteiger partial charge in [0.2, 0.25) is 0 Å². The number of rotatable bonds is 7. The number of benzene rings is 9. The summed E-state index contributed by atoms with van der Waals surface area (Å²) in [7, 11) is 0. The second-order valence-corrected chi connectivity index (χ2v) is 15.5. The maximum atomic E-state index is 6.85. The van der Waals surface area contributed by atoms with E-state index in [1.165, 1.54) is 48.0 Å². The minimum absolute atomic E-state index is 0.858. The third-order valence-electron chi connectivity index (χ3n) is 11.1. The summed E-state index contributed by atoms with van der Waals surface area (Å²) in [5.41, 5.74) is 14.3. The van der Waals surface area contributed by atoms with Gasteiger partial charge in [-0.1, -0.05) is 164 Å². The molecular formula is C54H35NOS. The molecule has 0 radical (unpaired) electrons. The maximum Gasteiger partial charge on any atom is 0.160 e. The number of thiophene rings is 1. The predicted molar refractivity (Wildman–Crippen MR) is 243 cm³/mol. The van der Waals surface area contributed by atoms with Crippen LogP contribution >= 0.6 is 11.3 Å². The van der Waals surface area contributed by atoms with Crippen molar-refractivity contribution < 1.29 is 4.42 Å². The van der Waals surface area contributed by atoms with Gasteiger partial charge >= 0.3 is 0 Å². The number of para-hydroxylation sites is 1. The molecule has 57 heavy (non-hydrogen) atoms. The molecule has 0 saturated heterocycles. The van der Waals surface area contributed by atoms with Crippen molar-refractivity contribution in [2.75, 3.05) is 4.90 Å². The summed E-state index contributed by atoms with van der Waals surface area (Å²) in [6.45, 7) is 0. The lowest BCUT2D eigenvalue weighted by molar-refractivity contribution is 0.669. The Morgan fingerprint density at radius 2 is 0.912 bits per heavy atom. The van der Waals surface area contributed by atoms with E-state index in [2.05, 4.69) is 211 Å². The van der Waals surface area contributed by atoms with Crippen LogP contribution in [-0.2, 0) is 0 Å². The van der Waals surface area contributed by atoms with Crippen LogP contribution in [0.2, 0.25) is 0 Å². The Balaban J connectivity index is 1.07. The summed E-state index contributed by atoms with van der Waals surface area (Å²) in [6, 6.07) is 76.2. The largest absolute Gasteiger partial charge is 0.454 e. The van der Waals surface area contributed by atoms with E-state index in [0.29, 0.717) is 0 Å². The van der Waals surface area contributed by atoms with Gasteiger partial charge < -0.3 is 9.32 Å². The van der Waals surface area contributed by atoms with Crippen LogP contribution in [0, 0.1) is 0 Å². The third kappa shape index (κ3) is 5.80. The summed E-state index contributed by atoms with van der Waals surface area (Å²) in [5, 5.41) is 4.83. The summed E-state index contributed by atoms with van der Waals surface area (Å²) >= 11 is 1.87. The Morgan fingerprint density at radius 3 is 1.65 bits per heavy atom. The van der Waals surface area contributed by atoms with Crippen LogP contribution in [0.5, 0.6) is 0 Å². The number of fused-ring (bicyclic) bond motifs is 6. The van der Waals surface area contributed by atoms with Gasteiger partial charge in [-0.25, -0.2) is 0 Å². The highest BCUT2D eigenvalue weighted by molar-refractivity contribution is 7.26. The molecule has 3 heteroatoms. The van der Waals surface area contributed by atoms with E-state index < -0.39 is 0 Å². The van der Waals surface area contributed by atoms with Gasteiger partial charge in [0, 0.05) is 42.3 Å². The Bertz CT molecular complexity index is 3210. The molecule has 0 aliphatic rings. The first-order valence-corrected chi connectivity index (χ1v) is 20.1. The molecule has 0 atom stereocenters. The van der Waals surface area contributed by atoms with Crippen molar-refractivity contribution in [1.29, 1.82) is 0 Å². The fraction of sp³-hybridized carbons (Fsp3) is 0. The molecule has 0 aliphatic carbocycles. The third-order valence-corrected chi connectivity index (χ3v) is 12.3. The first kappa shape index (κ1) is 33.2. The van der Waals surface area contributed by atoms with Gasteiger partial charge in [0.15, 0.2) is 5.58 Å². The quantitative estimate of drug-likeness (QED) is 0.162. The summed E-state index contributed by atoms with van der Waals surface area (Å²) < 4.78 is 9.48. The van der Waals surface area contributed by atoms with E-state index in [9.17, 15) is 0 Å². The smallest absolute Gasteiger partial charge is 0.160 e. The van der Waals surface area contributed by atoms with E-state index in [1.807, 2.05) is 17.4 Å². The van der Waals surface area contributed by atoms with Crippen LogP contribution in [0.4, 0.5) is 17.1 Å². The fourth-order valence-corrected chi connectivity index (χ4v) is 9.59. The van der Waals surface area contributed by atoms with E-state index >= 15 is 0 Å². The highest BCUT2D eigenvalue weighted by Gasteiger charge is 2.22. The van der Waals surface area contributed by atoms with Crippen molar-refractivity contribution in [2.45, 2.75) is 0 Å². The molecule has 2 heterocycles. The average molecular weight is 746 g/mol. The van der Waals surface area contributed by atoms with Crippen molar-refractivity contribution in [3.05, 3.63) is 212 Å². The van der Waals surface area contributed by atoms with E-state index in [-0.39, 0.29) is 0 Å². The van der Waals surface area contributed by atoms with Crippen LogP contribution < -0.4 is 4.90 Å². The van der Waals surface area contributed by atoms with Crippen molar-refractivity contribution in [2.24, 2.45) is 0 Å². The highest BCUT2D eigenvalue weighted by Crippen LogP contribution is 2.47. The van der Waals surface area contributed by atoms with Gasteiger partial charge in [0.1, 0.15) is 5.58 Å². The number of anilines is 3. The van der Waals surface area contributed by atoms with Gasteiger partial charge in [-0.3, -0.25) is 0 Å². The van der Waals surface area contributed by atoms with Crippen LogP contribution in [-0.4, -0.2) is 0 Å². The number of furan rings is 1. The number of hydrogen-bond acceptors (Lipinski definition) is 3. The van der Waals surface area contributed by atoms with E-state index in [4.69, 9.17) is 4.42 Å². The van der Waals surface area contributed by atoms with Gasteiger partial charge in [0.25, 0.3) is 0 Å². The Labute approximate surface area is 335 Å². The van der Waals surface area contributed by atoms with Crippen LogP contribution in [0.25, 0.3) is 86.6 Å². The molecule has 0 unspecified atom stereocenters. The molecule has 9 aromatic carbocycles. The average Bonchev–Trinajstić information content (AvgIpc) is 3.87. The molecule has 2 nitrogen and oxygen atoms in total. The number of nitrogens with zero attached hydrogens (tertiary/aromatic N) is 1. The summed E-state index contributed by atoms with van der Waals surface area (Å²) in [4.78, 5) is 2.34. The second-order valence-electron chi connectivity index (χ2n) is 14.5. The van der Waals surface area contributed by atoms with Gasteiger partial charge in [-0.2, -0.15) is 0 Å². The topological polar surface area (TPSA) is 16.4 Å². The van der Waals surface area contributed by atoms with Gasteiger partial charge in [0.05, 0.1) is 5.69 Å². The van der Waals surface area contributed by atoms with E-state index in [1.54, 1.807) is 0 Å². The van der Waals surface area contributed by atoms with Gasteiger partial charge in [-0.15, -0.1) is 11.3 Å². The molecule has 0 saturated carbocycles. The van der Waals surface area contributed by atoms with Crippen molar-refractivity contribution in [3.8, 4) is 44.5 Å². The molecule has 11 rings (SSSR count). The summed E-state index contributed by atoms with van der Waals surface area (Å²) in [6.07, 6.45) is 0. The summed E-state index contributed by atoms with van der Waals surface area (Å²) in [5.74, 6) is 0. The second kappa shape index (κ2) is 13.8. The zero-order chi connectivity index (χ0) is 37.7. The Kier molecular flexibility index (Phi) is 8.04. The van der Waals surface area contributed by atoms with Crippen molar-refractivity contribution in [3.63, 3.8) is 0 Å². The SMILES string of the molecule is c1ccc(-c2cccc(-c3ccc(N(c4ccc(-c5cccc6c5sc5ccccc56)cc4)c4ccc(-c5ccccc5)c5c4oc4ccccc45)cc3)c2)cc1. The standard InChI is InChI=1S/C54H35NOS/c1-3-13-36(14-4-1)40-17-11-18-41(35-40)37-25-29-42(30-26-37)55(43-31-27-39(28-32-43)45-21-12-22-47-46-19-8-10-24-51(46)57-54(45)47)49-34-33-44(38-15-5-2-6-16-38)52-48-20-7-9-23-50(48)56-53(49)52/h1-35H. The molecule has 0 fully saturated rings. The van der Waals surface area contributed by atoms with Crippen molar-refractivity contribution >= 4 is 70.5 Å². The van der Waals surface area contributed by atoms with Gasteiger partial charge in [-0.05, 0) is 93.0 Å². The Morgan fingerprint density at radius 1 is 0.368 bits per heavy atom. The Hall–Kier alpha value is -7.20. The molecule has 268 valence electrons. The molecular weight excluding hydrogens is 711 g/mol. The molecule has 0 amide bonds. The minimum atomic E-state index is 0.858. The number of hydrogen-bond donors (Lipinski definition) is 0. The highest BCUT2D eigenvalue weighted by atomic mass is 32.1. The molecule has 0 aliphatic heterocycles. The molecule has 0 bridgehead atoms. The van der Waals surface area contributed by atoms with Crippen molar-refractivity contribution in [1.82, 2.24) is 0 Å². The van der Waals surface area contributed by atoms with Crippen LogP contribution in [0.1, 0.15) is 0 Å². The lowest BCUT2D eigenvalue weighted by Gasteiger charge is -2.26. The zero-order valence-corrected chi connectivity index (χ0v) is 31.8. The van der Waals surface area contributed by atoms with Crippen LogP contribution in [0.15, 0.2) is 217 Å². The monoisotopic (exact) mass is 745 g/mol. The lowest BCUT2D eigenvalue weighted by atomic mass is 9.97. The molecule has 0 spiro atoms. The maximum absolute atomic E-state index is 6.85. The minimum Gasteiger partial charge on any atom is -0.454 e. The van der Waals surface area contributed by atoms with E-state index in [0.717, 1.165) is 55.7 Å². The first-order valence-electron chi connectivity index (χ1n) is 19.3. The van der Waals surface area contributed by atoms with Crippen LogP contribution in [0.3, 0.4) is 0 Å². The predicted octanol–water partition coefficient (Wildman–Crippen LogP) is 16.1. The fourth-order valence-electron chi connectivity index (χ4n) is 8.35. The lowest BCUT2D eigenvalue weighted by Crippen LogP contribution is -2.10. The normalized spacial score (nSPS) is 11.5. The zero-order valence-electron chi connectivity index (χ0n) is 31.0. The molecule has 2 aromatic heterocycles.